The lowest BCUT2D eigenvalue weighted by Gasteiger charge is -2.28. The van der Waals surface area contributed by atoms with Crippen molar-refractivity contribution in [1.82, 2.24) is 0 Å². The number of carbonyl (C=O) groups excluding carboxylic acids is 2. The molecule has 0 spiro atoms. The van der Waals surface area contributed by atoms with Gasteiger partial charge in [0.15, 0.2) is 0 Å². The van der Waals surface area contributed by atoms with Crippen LogP contribution in [-0.4, -0.2) is 35.4 Å². The van der Waals surface area contributed by atoms with E-state index in [1.54, 1.807) is 0 Å². The van der Waals surface area contributed by atoms with Gasteiger partial charge in [-0.15, -0.1) is 0 Å². The Balaban J connectivity index is 1.69. The number of rotatable bonds is 14. The van der Waals surface area contributed by atoms with Crippen molar-refractivity contribution in [2.24, 2.45) is 0 Å². The Kier molecular flexibility index (Phi) is 14.0. The number of phenolic OH excluding ortho intramolecular Hbond substituents is 2. The van der Waals surface area contributed by atoms with Crippen molar-refractivity contribution in [2.45, 2.75) is 163 Å². The fraction of sp³-hybridized carbons (Fsp3) is 0.659. The first kappa shape index (κ1) is 40.2. The summed E-state index contributed by atoms with van der Waals surface area (Å²) in [7, 11) is 0. The van der Waals surface area contributed by atoms with Gasteiger partial charge in [-0.3, -0.25) is 9.59 Å². The Labute approximate surface area is 285 Å². The van der Waals surface area contributed by atoms with E-state index < -0.39 is 11.9 Å². The molecular weight excluding hydrogens is 588 g/mol. The number of hydrogen-bond acceptors (Lipinski definition) is 6. The van der Waals surface area contributed by atoms with Gasteiger partial charge >= 0.3 is 11.9 Å². The predicted molar refractivity (Wildman–Crippen MR) is 193 cm³/mol. The lowest BCUT2D eigenvalue weighted by Crippen LogP contribution is -2.18. The molecule has 6 nitrogen and oxygen atoms in total. The van der Waals surface area contributed by atoms with E-state index in [2.05, 4.69) is 107 Å². The van der Waals surface area contributed by atoms with Gasteiger partial charge < -0.3 is 19.7 Å². The molecule has 2 rings (SSSR count). The first-order valence-corrected chi connectivity index (χ1v) is 17.6. The highest BCUT2D eigenvalue weighted by atomic mass is 16.6. The summed E-state index contributed by atoms with van der Waals surface area (Å²) in [6.07, 6.45) is 6.55. The van der Waals surface area contributed by atoms with Crippen molar-refractivity contribution >= 4 is 11.9 Å². The van der Waals surface area contributed by atoms with Crippen LogP contribution in [0, 0.1) is 0 Å². The van der Waals surface area contributed by atoms with Gasteiger partial charge in [-0.25, -0.2) is 0 Å². The molecule has 0 saturated carbocycles. The first-order valence-electron chi connectivity index (χ1n) is 17.6. The number of hydrogen-bond donors (Lipinski definition) is 2. The lowest BCUT2D eigenvalue weighted by molar-refractivity contribution is -0.154. The third kappa shape index (κ3) is 12.8. The molecule has 0 amide bonds. The topological polar surface area (TPSA) is 93.1 Å². The van der Waals surface area contributed by atoms with E-state index in [4.69, 9.17) is 9.47 Å². The number of aryl methyl sites for hydroxylation is 2. The summed E-state index contributed by atoms with van der Waals surface area (Å²) >= 11 is 0. The van der Waals surface area contributed by atoms with Gasteiger partial charge in [0.1, 0.15) is 17.9 Å². The SMILES string of the molecule is CC(C)(C)c1cc(CCCCCOC(=O)CC(=O)OCCCCCc2cc(C(C)(C)C)c(O)c(C(C)(C)C)c2)cc(C(C)(C)C)c1O. The van der Waals surface area contributed by atoms with E-state index in [1.807, 2.05) is 0 Å². The minimum Gasteiger partial charge on any atom is -0.507 e. The van der Waals surface area contributed by atoms with E-state index in [9.17, 15) is 19.8 Å². The zero-order chi connectivity index (χ0) is 35.8. The minimum atomic E-state index is -0.546. The van der Waals surface area contributed by atoms with Crippen molar-refractivity contribution in [3.05, 3.63) is 57.6 Å². The molecule has 0 aliphatic heterocycles. The minimum absolute atomic E-state index is 0.155. The summed E-state index contributed by atoms with van der Waals surface area (Å²) in [5.41, 5.74) is 5.69. The molecular formula is C41H64O6. The zero-order valence-corrected chi connectivity index (χ0v) is 31.6. The monoisotopic (exact) mass is 652 g/mol. The third-order valence-electron chi connectivity index (χ3n) is 8.61. The molecule has 2 aromatic carbocycles. The molecule has 264 valence electrons. The number of aromatic hydroxyl groups is 2. The molecule has 0 atom stereocenters. The van der Waals surface area contributed by atoms with Crippen LogP contribution in [0.25, 0.3) is 0 Å². The second-order valence-corrected chi connectivity index (χ2v) is 17.3. The molecule has 0 saturated heterocycles. The van der Waals surface area contributed by atoms with Gasteiger partial charge in [0, 0.05) is 0 Å². The number of phenols is 2. The van der Waals surface area contributed by atoms with Gasteiger partial charge in [-0.1, -0.05) is 107 Å². The Morgan fingerprint density at radius 3 is 1.02 bits per heavy atom. The van der Waals surface area contributed by atoms with Crippen molar-refractivity contribution in [3.63, 3.8) is 0 Å². The summed E-state index contributed by atoms with van der Waals surface area (Å²) in [5, 5.41) is 21.9. The molecule has 0 bridgehead atoms. The largest absolute Gasteiger partial charge is 0.507 e. The van der Waals surface area contributed by atoms with Crippen molar-refractivity contribution in [2.75, 3.05) is 13.2 Å². The lowest BCUT2D eigenvalue weighted by atomic mass is 9.78. The summed E-state index contributed by atoms with van der Waals surface area (Å²) in [4.78, 5) is 24.3. The third-order valence-corrected chi connectivity index (χ3v) is 8.61. The average molecular weight is 653 g/mol. The van der Waals surface area contributed by atoms with Crippen LogP contribution in [0.1, 0.15) is 161 Å². The fourth-order valence-corrected chi connectivity index (χ4v) is 5.77. The number of carbonyl (C=O) groups is 2. The maximum Gasteiger partial charge on any atom is 0.317 e. The standard InChI is InChI=1S/C41H64O6/c1-38(2,3)30-23-28(24-31(36(30)44)39(4,5)6)19-15-13-17-21-46-34(42)27-35(43)47-22-18-14-16-20-29-25-32(40(7,8)9)37(45)33(26-29)41(10,11)12/h23-26,44-45H,13-22,27H2,1-12H3. The van der Waals surface area contributed by atoms with Gasteiger partial charge in [0.2, 0.25) is 0 Å². The summed E-state index contributed by atoms with van der Waals surface area (Å²) in [5.74, 6) is -0.298. The van der Waals surface area contributed by atoms with Crippen LogP contribution < -0.4 is 0 Å². The van der Waals surface area contributed by atoms with Crippen molar-refractivity contribution in [1.29, 1.82) is 0 Å². The van der Waals surface area contributed by atoms with E-state index in [0.29, 0.717) is 11.5 Å². The summed E-state index contributed by atoms with van der Waals surface area (Å²) < 4.78 is 10.6. The van der Waals surface area contributed by atoms with Gasteiger partial charge in [0.05, 0.1) is 13.2 Å². The number of unbranched alkanes of at least 4 members (excludes halogenated alkanes) is 4. The maximum atomic E-state index is 12.1. The van der Waals surface area contributed by atoms with Crippen LogP contribution >= 0.6 is 0 Å². The predicted octanol–water partition coefficient (Wildman–Crippen LogP) is 9.89. The van der Waals surface area contributed by atoms with Crippen LogP contribution in [0.2, 0.25) is 0 Å². The van der Waals surface area contributed by atoms with Crippen LogP contribution in [0.15, 0.2) is 24.3 Å². The van der Waals surface area contributed by atoms with Crippen molar-refractivity contribution in [3.8, 4) is 11.5 Å². The molecule has 0 aromatic heterocycles. The van der Waals surface area contributed by atoms with E-state index in [0.717, 1.165) is 73.6 Å². The molecule has 0 radical (unpaired) electrons. The van der Waals surface area contributed by atoms with E-state index in [1.165, 1.54) is 11.1 Å². The fourth-order valence-electron chi connectivity index (χ4n) is 5.77. The number of esters is 2. The Morgan fingerprint density at radius 1 is 0.489 bits per heavy atom. The van der Waals surface area contributed by atoms with Crippen LogP contribution in [0.5, 0.6) is 11.5 Å². The number of ether oxygens (including phenoxy) is 2. The van der Waals surface area contributed by atoms with E-state index in [-0.39, 0.29) is 41.3 Å². The zero-order valence-electron chi connectivity index (χ0n) is 31.6. The van der Waals surface area contributed by atoms with Gasteiger partial charge in [-0.05, 0) is 106 Å². The molecule has 2 N–H and O–H groups in total. The number of benzene rings is 2. The van der Waals surface area contributed by atoms with Crippen LogP contribution in [0.3, 0.4) is 0 Å². The highest BCUT2D eigenvalue weighted by molar-refractivity contribution is 5.91. The van der Waals surface area contributed by atoms with E-state index >= 15 is 0 Å². The molecule has 6 heteroatoms. The Bertz CT molecular complexity index is 1170. The highest BCUT2D eigenvalue weighted by Gasteiger charge is 2.27. The Hall–Kier alpha value is -3.02. The summed E-state index contributed by atoms with van der Waals surface area (Å²) in [6.45, 7) is 26.0. The highest BCUT2D eigenvalue weighted by Crippen LogP contribution is 2.41. The van der Waals surface area contributed by atoms with Gasteiger partial charge in [0.25, 0.3) is 0 Å². The molecule has 2 aromatic rings. The molecule has 0 aliphatic carbocycles. The van der Waals surface area contributed by atoms with Crippen molar-refractivity contribution < 1.29 is 29.3 Å². The normalized spacial score (nSPS) is 12.7. The molecule has 0 heterocycles. The quantitative estimate of drug-likeness (QED) is 0.120. The summed E-state index contributed by atoms with van der Waals surface area (Å²) in [6, 6.07) is 8.49. The molecule has 0 aliphatic rings. The van der Waals surface area contributed by atoms with Crippen LogP contribution in [0.4, 0.5) is 0 Å². The van der Waals surface area contributed by atoms with Crippen LogP contribution in [-0.2, 0) is 53.6 Å². The van der Waals surface area contributed by atoms with Gasteiger partial charge in [-0.2, -0.15) is 0 Å². The smallest absolute Gasteiger partial charge is 0.317 e. The average Bonchev–Trinajstić information content (AvgIpc) is 2.91. The molecule has 0 unspecified atom stereocenters. The first-order chi connectivity index (χ1) is 21.5. The molecule has 0 fully saturated rings. The second kappa shape index (κ2) is 16.4. The maximum absolute atomic E-state index is 12.1. The molecule has 47 heavy (non-hydrogen) atoms. The second-order valence-electron chi connectivity index (χ2n) is 17.3. The Morgan fingerprint density at radius 2 is 0.766 bits per heavy atom.